The van der Waals surface area contributed by atoms with Gasteiger partial charge in [-0.2, -0.15) is 0 Å². The molecule has 0 rings (SSSR count). The number of carbonyl (C=O) groups is 3. The zero-order valence-corrected chi connectivity index (χ0v) is 40.0. The van der Waals surface area contributed by atoms with Gasteiger partial charge < -0.3 is 14.2 Å². The molecule has 0 aliphatic rings. The van der Waals surface area contributed by atoms with E-state index in [1.54, 1.807) is 0 Å². The molecule has 0 saturated heterocycles. The van der Waals surface area contributed by atoms with Crippen LogP contribution in [0.15, 0.2) is 36.5 Å². The summed E-state index contributed by atoms with van der Waals surface area (Å²) in [7, 11) is 0. The van der Waals surface area contributed by atoms with Crippen molar-refractivity contribution in [3.63, 3.8) is 0 Å². The van der Waals surface area contributed by atoms with Crippen molar-refractivity contribution in [1.29, 1.82) is 0 Å². The maximum Gasteiger partial charge on any atom is 0.306 e. The molecule has 0 aromatic heterocycles. The van der Waals surface area contributed by atoms with Crippen LogP contribution in [0.3, 0.4) is 0 Å². The molecule has 6 nitrogen and oxygen atoms in total. The summed E-state index contributed by atoms with van der Waals surface area (Å²) in [5.41, 5.74) is 0. The number of esters is 3. The quantitative estimate of drug-likeness (QED) is 0.0263. The number of allylic oxidation sites excluding steroid dienone is 6. The first-order valence-electron chi connectivity index (χ1n) is 26.0. The van der Waals surface area contributed by atoms with E-state index in [0.717, 1.165) is 83.5 Å². The van der Waals surface area contributed by atoms with Crippen LogP contribution >= 0.6 is 0 Å². The SMILES string of the molecule is CCCC/C=C\C/C=C\CCCCCCCC(=O)OC(COC(=O)CCCCCCCCCCC)COC(=O)CCCCCCCCCCC/C=C\CCCCCCCC. The Hall–Kier alpha value is -2.37. The zero-order chi connectivity index (χ0) is 43.7. The Morgan fingerprint density at radius 2 is 0.617 bits per heavy atom. The highest BCUT2D eigenvalue weighted by Crippen LogP contribution is 2.15. The summed E-state index contributed by atoms with van der Waals surface area (Å²) < 4.78 is 16.8. The van der Waals surface area contributed by atoms with Gasteiger partial charge >= 0.3 is 17.9 Å². The summed E-state index contributed by atoms with van der Waals surface area (Å²) >= 11 is 0. The number of unbranched alkanes of at least 4 members (excludes halogenated alkanes) is 30. The highest BCUT2D eigenvalue weighted by Gasteiger charge is 2.19. The lowest BCUT2D eigenvalue weighted by molar-refractivity contribution is -0.167. The van der Waals surface area contributed by atoms with Gasteiger partial charge in [0.2, 0.25) is 0 Å². The molecule has 0 aromatic carbocycles. The van der Waals surface area contributed by atoms with Gasteiger partial charge in [-0.3, -0.25) is 14.4 Å². The smallest absolute Gasteiger partial charge is 0.306 e. The second-order valence-electron chi connectivity index (χ2n) is 17.4. The second-order valence-corrected chi connectivity index (χ2v) is 17.4. The Bertz CT molecular complexity index is 1020. The number of hydrogen-bond donors (Lipinski definition) is 0. The fourth-order valence-electron chi connectivity index (χ4n) is 7.39. The molecule has 0 aliphatic heterocycles. The van der Waals surface area contributed by atoms with Crippen LogP contribution < -0.4 is 0 Å². The van der Waals surface area contributed by atoms with Crippen molar-refractivity contribution in [2.75, 3.05) is 13.2 Å². The standard InChI is InChI=1S/C54H98O6/c1-4-7-10-13-16-19-21-23-25-26-27-28-29-31-32-35-38-41-44-47-53(56)59-50-51(49-58-52(55)46-43-40-37-34-18-15-12-9-6-3)60-54(57)48-45-42-39-36-33-30-24-22-20-17-14-11-8-5-2/h14,17,22-25,51H,4-13,15-16,18-21,26-50H2,1-3H3/b17-14-,24-22-,25-23-. The third-order valence-electron chi connectivity index (χ3n) is 11.4. The van der Waals surface area contributed by atoms with Crippen LogP contribution in [0.2, 0.25) is 0 Å². The molecule has 0 N–H and O–H groups in total. The monoisotopic (exact) mass is 843 g/mol. The first kappa shape index (κ1) is 57.6. The lowest BCUT2D eigenvalue weighted by Gasteiger charge is -2.18. The van der Waals surface area contributed by atoms with Crippen LogP contribution in [-0.4, -0.2) is 37.2 Å². The molecule has 0 heterocycles. The molecule has 0 spiro atoms. The first-order chi connectivity index (χ1) is 29.5. The molecule has 60 heavy (non-hydrogen) atoms. The average Bonchev–Trinajstić information content (AvgIpc) is 3.24. The van der Waals surface area contributed by atoms with Crippen molar-refractivity contribution in [3.8, 4) is 0 Å². The maximum absolute atomic E-state index is 12.8. The van der Waals surface area contributed by atoms with Crippen molar-refractivity contribution < 1.29 is 28.6 Å². The van der Waals surface area contributed by atoms with Gasteiger partial charge in [0.05, 0.1) is 0 Å². The Kier molecular flexibility index (Phi) is 47.3. The van der Waals surface area contributed by atoms with Gasteiger partial charge in [-0.1, -0.05) is 218 Å². The molecule has 350 valence electrons. The van der Waals surface area contributed by atoms with Crippen molar-refractivity contribution in [3.05, 3.63) is 36.5 Å². The summed E-state index contributed by atoms with van der Waals surface area (Å²) in [6.07, 6.45) is 57.0. The predicted molar refractivity (Wildman–Crippen MR) is 256 cm³/mol. The van der Waals surface area contributed by atoms with E-state index in [4.69, 9.17) is 14.2 Å². The van der Waals surface area contributed by atoms with E-state index in [0.29, 0.717) is 19.3 Å². The van der Waals surface area contributed by atoms with E-state index in [-0.39, 0.29) is 31.1 Å². The molecule has 1 atom stereocenters. The third-order valence-corrected chi connectivity index (χ3v) is 11.4. The molecular formula is C54H98O6. The minimum atomic E-state index is -0.775. The summed E-state index contributed by atoms with van der Waals surface area (Å²) in [4.78, 5) is 37.9. The normalized spacial score (nSPS) is 12.2. The van der Waals surface area contributed by atoms with E-state index in [9.17, 15) is 14.4 Å². The largest absolute Gasteiger partial charge is 0.462 e. The highest BCUT2D eigenvalue weighted by atomic mass is 16.6. The summed E-state index contributed by atoms with van der Waals surface area (Å²) in [5.74, 6) is -0.886. The van der Waals surface area contributed by atoms with Gasteiger partial charge in [-0.05, 0) is 70.6 Å². The second kappa shape index (κ2) is 49.3. The predicted octanol–water partition coefficient (Wildman–Crippen LogP) is 16.9. The van der Waals surface area contributed by atoms with Crippen molar-refractivity contribution in [2.24, 2.45) is 0 Å². The Labute approximate surface area is 372 Å². The molecule has 6 heteroatoms. The van der Waals surface area contributed by atoms with E-state index >= 15 is 0 Å². The minimum Gasteiger partial charge on any atom is -0.462 e. The van der Waals surface area contributed by atoms with Gasteiger partial charge in [-0.15, -0.1) is 0 Å². The Morgan fingerprint density at radius 3 is 0.983 bits per heavy atom. The van der Waals surface area contributed by atoms with Gasteiger partial charge in [0, 0.05) is 19.3 Å². The van der Waals surface area contributed by atoms with E-state index < -0.39 is 6.10 Å². The van der Waals surface area contributed by atoms with Crippen LogP contribution in [-0.2, 0) is 28.6 Å². The molecule has 0 amide bonds. The lowest BCUT2D eigenvalue weighted by Crippen LogP contribution is -2.30. The minimum absolute atomic E-state index is 0.0761. The molecule has 0 saturated carbocycles. The fourth-order valence-corrected chi connectivity index (χ4v) is 7.39. The Morgan fingerprint density at radius 1 is 0.333 bits per heavy atom. The van der Waals surface area contributed by atoms with Crippen LogP contribution in [0.25, 0.3) is 0 Å². The van der Waals surface area contributed by atoms with Gasteiger partial charge in [0.25, 0.3) is 0 Å². The molecular weight excluding hydrogens is 745 g/mol. The van der Waals surface area contributed by atoms with Crippen molar-refractivity contribution in [2.45, 2.75) is 277 Å². The zero-order valence-electron chi connectivity index (χ0n) is 40.0. The van der Waals surface area contributed by atoms with Gasteiger partial charge in [0.15, 0.2) is 6.10 Å². The maximum atomic E-state index is 12.8. The van der Waals surface area contributed by atoms with Gasteiger partial charge in [0.1, 0.15) is 13.2 Å². The third kappa shape index (κ3) is 46.7. The fraction of sp³-hybridized carbons (Fsp3) is 0.833. The van der Waals surface area contributed by atoms with E-state index in [1.165, 1.54) is 148 Å². The highest BCUT2D eigenvalue weighted by molar-refractivity contribution is 5.71. The number of rotatable bonds is 47. The van der Waals surface area contributed by atoms with Crippen LogP contribution in [0.1, 0.15) is 271 Å². The Balaban J connectivity index is 4.29. The first-order valence-corrected chi connectivity index (χ1v) is 26.0. The van der Waals surface area contributed by atoms with Crippen LogP contribution in [0, 0.1) is 0 Å². The molecule has 0 radical (unpaired) electrons. The number of hydrogen-bond acceptors (Lipinski definition) is 6. The molecule has 0 aliphatic carbocycles. The molecule has 0 bridgehead atoms. The summed E-state index contributed by atoms with van der Waals surface area (Å²) in [6, 6.07) is 0. The van der Waals surface area contributed by atoms with Crippen molar-refractivity contribution in [1.82, 2.24) is 0 Å². The van der Waals surface area contributed by atoms with Gasteiger partial charge in [-0.25, -0.2) is 0 Å². The van der Waals surface area contributed by atoms with E-state index in [2.05, 4.69) is 57.2 Å². The molecule has 0 fully saturated rings. The topological polar surface area (TPSA) is 78.9 Å². The van der Waals surface area contributed by atoms with Crippen LogP contribution in [0.4, 0.5) is 0 Å². The number of ether oxygens (including phenoxy) is 3. The van der Waals surface area contributed by atoms with E-state index in [1.807, 2.05) is 0 Å². The summed E-state index contributed by atoms with van der Waals surface area (Å²) in [5, 5.41) is 0. The van der Waals surface area contributed by atoms with Crippen molar-refractivity contribution >= 4 is 17.9 Å². The summed E-state index contributed by atoms with van der Waals surface area (Å²) in [6.45, 7) is 6.58. The number of carbonyl (C=O) groups excluding carboxylic acids is 3. The van der Waals surface area contributed by atoms with Crippen LogP contribution in [0.5, 0.6) is 0 Å². The average molecular weight is 843 g/mol. The lowest BCUT2D eigenvalue weighted by atomic mass is 10.1. The molecule has 0 aromatic rings. The molecule has 1 unspecified atom stereocenters.